The molecule has 0 amide bonds. The van der Waals surface area contributed by atoms with E-state index in [-0.39, 0.29) is 6.04 Å². The summed E-state index contributed by atoms with van der Waals surface area (Å²) in [6.45, 7) is 5.50. The van der Waals surface area contributed by atoms with Crippen LogP contribution < -0.4 is 5.32 Å². The lowest BCUT2D eigenvalue weighted by atomic mass is 10.0. The van der Waals surface area contributed by atoms with E-state index in [2.05, 4.69) is 20.8 Å². The fourth-order valence-corrected chi connectivity index (χ4v) is 1.65. The first-order chi connectivity index (χ1) is 8.88. The normalized spacial score (nSPS) is 13.3. The largest absolute Gasteiger partial charge is 0.388 e. The average molecular weight is 261 g/mol. The Bertz CT molecular complexity index is 558. The number of nitrogens with one attached hydrogen (secondary N) is 1. The maximum Gasteiger partial charge on any atom is 0.181 e. The van der Waals surface area contributed by atoms with Gasteiger partial charge in [-0.25, -0.2) is 4.68 Å². The third-order valence-corrected chi connectivity index (χ3v) is 3.18. The van der Waals surface area contributed by atoms with Crippen LogP contribution in [0, 0.1) is 0 Å². The van der Waals surface area contributed by atoms with Gasteiger partial charge in [0.05, 0.1) is 11.6 Å². The zero-order valence-corrected chi connectivity index (χ0v) is 11.6. The molecule has 2 N–H and O–H groups in total. The van der Waals surface area contributed by atoms with E-state index in [1.807, 2.05) is 31.2 Å². The first-order valence-corrected chi connectivity index (χ1v) is 6.19. The van der Waals surface area contributed by atoms with Crippen LogP contribution in [0.1, 0.15) is 20.8 Å². The monoisotopic (exact) mass is 261 g/mol. The predicted octanol–water partition coefficient (Wildman–Crippen LogP) is 1.45. The fourth-order valence-electron chi connectivity index (χ4n) is 1.65. The molecule has 6 nitrogen and oxygen atoms in total. The highest BCUT2D eigenvalue weighted by molar-refractivity contribution is 5.62. The molecule has 0 radical (unpaired) electrons. The molecular formula is C13H19N5O. The van der Waals surface area contributed by atoms with Gasteiger partial charge in [-0.2, -0.15) is 0 Å². The topological polar surface area (TPSA) is 75.9 Å². The Morgan fingerprint density at radius 1 is 1.37 bits per heavy atom. The van der Waals surface area contributed by atoms with Crippen molar-refractivity contribution in [3.63, 3.8) is 0 Å². The molecule has 0 aliphatic rings. The van der Waals surface area contributed by atoms with Gasteiger partial charge in [0.25, 0.3) is 0 Å². The van der Waals surface area contributed by atoms with Crippen molar-refractivity contribution in [1.82, 2.24) is 20.2 Å². The molecule has 1 aromatic carbocycles. The second-order valence-corrected chi connectivity index (χ2v) is 5.23. The van der Waals surface area contributed by atoms with E-state index in [9.17, 15) is 5.11 Å². The maximum atomic E-state index is 9.95. The van der Waals surface area contributed by atoms with Crippen molar-refractivity contribution < 1.29 is 5.11 Å². The Hall–Kier alpha value is -1.95. The van der Waals surface area contributed by atoms with E-state index in [1.54, 1.807) is 25.6 Å². The van der Waals surface area contributed by atoms with Crippen molar-refractivity contribution in [3.05, 3.63) is 24.3 Å². The summed E-state index contributed by atoms with van der Waals surface area (Å²) >= 11 is 0. The molecule has 2 rings (SSSR count). The number of tetrazole rings is 1. The molecule has 1 unspecified atom stereocenters. The minimum atomic E-state index is -0.789. The van der Waals surface area contributed by atoms with Gasteiger partial charge < -0.3 is 10.4 Å². The second-order valence-electron chi connectivity index (χ2n) is 5.23. The van der Waals surface area contributed by atoms with Crippen LogP contribution in [-0.4, -0.2) is 37.0 Å². The molecule has 6 heteroatoms. The summed E-state index contributed by atoms with van der Waals surface area (Å²) in [6.07, 6.45) is 0. The van der Waals surface area contributed by atoms with Crippen molar-refractivity contribution in [1.29, 1.82) is 0 Å². The van der Waals surface area contributed by atoms with E-state index in [1.165, 1.54) is 0 Å². The SMILES string of the molecule is CC(Nc1cccc(-c2nnnn2C)c1)C(C)(C)O. The number of aromatic nitrogens is 4. The summed E-state index contributed by atoms with van der Waals surface area (Å²) in [5, 5.41) is 24.6. The van der Waals surface area contributed by atoms with Crippen LogP contribution in [-0.2, 0) is 7.05 Å². The lowest BCUT2D eigenvalue weighted by molar-refractivity contribution is 0.0649. The molecule has 19 heavy (non-hydrogen) atoms. The van der Waals surface area contributed by atoms with Gasteiger partial charge in [-0.15, -0.1) is 5.10 Å². The molecular weight excluding hydrogens is 242 g/mol. The number of anilines is 1. The van der Waals surface area contributed by atoms with Gasteiger partial charge in [0.15, 0.2) is 5.82 Å². The lowest BCUT2D eigenvalue weighted by Gasteiger charge is -2.27. The van der Waals surface area contributed by atoms with Crippen molar-refractivity contribution in [2.24, 2.45) is 7.05 Å². The quantitative estimate of drug-likeness (QED) is 0.871. The van der Waals surface area contributed by atoms with Crippen LogP contribution in [0.4, 0.5) is 5.69 Å². The Kier molecular flexibility index (Phi) is 3.53. The number of aryl methyl sites for hydroxylation is 1. The molecule has 1 heterocycles. The number of benzene rings is 1. The maximum absolute atomic E-state index is 9.95. The Balaban J connectivity index is 2.23. The smallest absolute Gasteiger partial charge is 0.181 e. The summed E-state index contributed by atoms with van der Waals surface area (Å²) in [6, 6.07) is 7.74. The molecule has 0 saturated heterocycles. The highest BCUT2D eigenvalue weighted by Crippen LogP contribution is 2.21. The minimum absolute atomic E-state index is 0.0691. The van der Waals surface area contributed by atoms with Crippen molar-refractivity contribution in [2.45, 2.75) is 32.4 Å². The molecule has 1 aromatic heterocycles. The van der Waals surface area contributed by atoms with Crippen molar-refractivity contribution in [3.8, 4) is 11.4 Å². The van der Waals surface area contributed by atoms with E-state index in [0.29, 0.717) is 5.82 Å². The summed E-state index contributed by atoms with van der Waals surface area (Å²) in [5.41, 5.74) is 1.07. The van der Waals surface area contributed by atoms with E-state index in [0.717, 1.165) is 11.3 Å². The predicted molar refractivity (Wildman–Crippen MR) is 73.6 cm³/mol. The molecule has 0 spiro atoms. The van der Waals surface area contributed by atoms with Gasteiger partial charge in [-0.1, -0.05) is 12.1 Å². The zero-order chi connectivity index (χ0) is 14.0. The third-order valence-electron chi connectivity index (χ3n) is 3.18. The molecule has 0 fully saturated rings. The van der Waals surface area contributed by atoms with Crippen LogP contribution >= 0.6 is 0 Å². The highest BCUT2D eigenvalue weighted by Gasteiger charge is 2.22. The molecule has 0 bridgehead atoms. The van der Waals surface area contributed by atoms with Crippen molar-refractivity contribution >= 4 is 5.69 Å². The molecule has 0 saturated carbocycles. The summed E-state index contributed by atoms with van der Waals surface area (Å²) in [4.78, 5) is 0. The third kappa shape index (κ3) is 3.08. The fraction of sp³-hybridized carbons (Fsp3) is 0.462. The Morgan fingerprint density at radius 3 is 2.68 bits per heavy atom. The standard InChI is InChI=1S/C13H19N5O/c1-9(13(2,3)19)14-11-7-5-6-10(8-11)12-15-16-17-18(12)4/h5-9,14,19H,1-4H3. The Labute approximate surface area is 112 Å². The first kappa shape index (κ1) is 13.5. The van der Waals surface area contributed by atoms with Crippen LogP contribution in [0.3, 0.4) is 0 Å². The van der Waals surface area contributed by atoms with Crippen LogP contribution in [0.25, 0.3) is 11.4 Å². The number of rotatable bonds is 4. The molecule has 0 aliphatic carbocycles. The van der Waals surface area contributed by atoms with Crippen LogP contribution in [0.2, 0.25) is 0 Å². The first-order valence-electron chi connectivity index (χ1n) is 6.19. The average Bonchev–Trinajstić information content (AvgIpc) is 2.74. The number of hydrogen-bond acceptors (Lipinski definition) is 5. The Morgan fingerprint density at radius 2 is 2.11 bits per heavy atom. The molecule has 0 aliphatic heterocycles. The van der Waals surface area contributed by atoms with Crippen LogP contribution in [0.5, 0.6) is 0 Å². The second kappa shape index (κ2) is 4.97. The van der Waals surface area contributed by atoms with Gasteiger partial charge in [-0.05, 0) is 43.3 Å². The van der Waals surface area contributed by atoms with Gasteiger partial charge >= 0.3 is 0 Å². The van der Waals surface area contributed by atoms with Crippen LogP contribution in [0.15, 0.2) is 24.3 Å². The van der Waals surface area contributed by atoms with E-state index >= 15 is 0 Å². The van der Waals surface area contributed by atoms with Gasteiger partial charge in [0, 0.05) is 18.3 Å². The minimum Gasteiger partial charge on any atom is -0.388 e. The molecule has 102 valence electrons. The number of aliphatic hydroxyl groups is 1. The van der Waals surface area contributed by atoms with E-state index in [4.69, 9.17) is 0 Å². The van der Waals surface area contributed by atoms with Gasteiger partial charge in [0.1, 0.15) is 0 Å². The summed E-state index contributed by atoms with van der Waals surface area (Å²) < 4.78 is 1.62. The van der Waals surface area contributed by atoms with E-state index < -0.39 is 5.60 Å². The molecule has 1 atom stereocenters. The molecule has 2 aromatic rings. The van der Waals surface area contributed by atoms with Crippen molar-refractivity contribution in [2.75, 3.05) is 5.32 Å². The number of nitrogens with zero attached hydrogens (tertiary/aromatic N) is 4. The lowest BCUT2D eigenvalue weighted by Crippen LogP contribution is -2.39. The van der Waals surface area contributed by atoms with Gasteiger partial charge in [0.2, 0.25) is 0 Å². The zero-order valence-electron chi connectivity index (χ0n) is 11.6. The number of hydrogen-bond donors (Lipinski definition) is 2. The summed E-state index contributed by atoms with van der Waals surface area (Å²) in [5.74, 6) is 0.708. The highest BCUT2D eigenvalue weighted by atomic mass is 16.3. The van der Waals surface area contributed by atoms with Gasteiger partial charge in [-0.3, -0.25) is 0 Å². The summed E-state index contributed by atoms with van der Waals surface area (Å²) in [7, 11) is 1.80.